The van der Waals surface area contributed by atoms with E-state index in [9.17, 15) is 9.59 Å². The van der Waals surface area contributed by atoms with E-state index in [4.69, 9.17) is 5.11 Å². The zero-order chi connectivity index (χ0) is 13.4. The molecule has 3 atom stereocenters. The first-order chi connectivity index (χ1) is 9.13. The van der Waals surface area contributed by atoms with Crippen LogP contribution in [-0.2, 0) is 9.59 Å². The van der Waals surface area contributed by atoms with Crippen LogP contribution < -0.4 is 5.32 Å². The summed E-state index contributed by atoms with van der Waals surface area (Å²) in [6.45, 7) is 1.48. The van der Waals surface area contributed by atoms with Crippen LogP contribution in [0.3, 0.4) is 0 Å². The molecule has 3 saturated heterocycles. The maximum absolute atomic E-state index is 12.5. The van der Waals surface area contributed by atoms with Crippen LogP contribution in [0.2, 0.25) is 0 Å². The number of carboxylic acids is 1. The molecule has 5 nitrogen and oxygen atoms in total. The number of nitrogens with zero attached hydrogens (tertiary/aromatic N) is 1. The van der Waals surface area contributed by atoms with Crippen molar-refractivity contribution in [1.82, 2.24) is 10.2 Å². The lowest BCUT2D eigenvalue weighted by atomic mass is 9.86. The van der Waals surface area contributed by atoms with Gasteiger partial charge in [0.15, 0.2) is 0 Å². The summed E-state index contributed by atoms with van der Waals surface area (Å²) in [5, 5.41) is 12.3. The molecule has 0 aromatic rings. The Bertz CT molecular complexity index is 377. The van der Waals surface area contributed by atoms with Crippen LogP contribution >= 0.6 is 0 Å². The molecule has 1 amide bonds. The fourth-order valence-electron chi connectivity index (χ4n) is 3.94. The smallest absolute Gasteiger partial charge is 0.303 e. The van der Waals surface area contributed by atoms with Gasteiger partial charge in [-0.15, -0.1) is 0 Å². The minimum absolute atomic E-state index is 0.176. The minimum Gasteiger partial charge on any atom is -0.481 e. The predicted octanol–water partition coefficient (Wildman–Crippen LogP) is 0.840. The van der Waals surface area contributed by atoms with E-state index in [1.165, 1.54) is 6.42 Å². The fourth-order valence-corrected chi connectivity index (χ4v) is 3.94. The molecule has 3 heterocycles. The van der Waals surface area contributed by atoms with Gasteiger partial charge in [0.05, 0.1) is 5.92 Å². The normalized spacial score (nSPS) is 34.7. The van der Waals surface area contributed by atoms with E-state index in [0.29, 0.717) is 18.0 Å². The summed E-state index contributed by atoms with van der Waals surface area (Å²) in [5.41, 5.74) is 0. The summed E-state index contributed by atoms with van der Waals surface area (Å²) in [4.78, 5) is 25.1. The highest BCUT2D eigenvalue weighted by Crippen LogP contribution is 2.35. The van der Waals surface area contributed by atoms with Gasteiger partial charge in [-0.25, -0.2) is 0 Å². The Morgan fingerprint density at radius 2 is 1.89 bits per heavy atom. The average Bonchev–Trinajstić information content (AvgIpc) is 3.00. The number of carbonyl (C=O) groups excluding carboxylic acids is 1. The van der Waals surface area contributed by atoms with Gasteiger partial charge in [-0.05, 0) is 38.0 Å². The highest BCUT2D eigenvalue weighted by atomic mass is 16.4. The number of likely N-dealkylation sites (tertiary alicyclic amines) is 1. The van der Waals surface area contributed by atoms with Crippen molar-refractivity contribution in [3.8, 4) is 0 Å². The van der Waals surface area contributed by atoms with Gasteiger partial charge in [0, 0.05) is 31.6 Å². The minimum atomic E-state index is -0.720. The summed E-state index contributed by atoms with van der Waals surface area (Å²) < 4.78 is 0. The van der Waals surface area contributed by atoms with Crippen molar-refractivity contribution in [2.75, 3.05) is 13.1 Å². The van der Waals surface area contributed by atoms with Gasteiger partial charge in [-0.3, -0.25) is 9.59 Å². The number of carboxylic acid groups (broad SMARTS) is 1. The van der Waals surface area contributed by atoms with Crippen LogP contribution in [0.15, 0.2) is 0 Å². The van der Waals surface area contributed by atoms with E-state index in [2.05, 4.69) is 5.32 Å². The lowest BCUT2D eigenvalue weighted by Crippen LogP contribution is -2.45. The fraction of sp³-hybridized carbons (Fsp3) is 0.857. The standard InChI is InChI=1S/C14H22N2O3/c17-13(18)7-9-3-5-16(6-4-9)14(19)11-8-10-1-2-12(11)15-10/h9-12,15H,1-8H2,(H,17,18). The maximum Gasteiger partial charge on any atom is 0.303 e. The Hall–Kier alpha value is -1.10. The van der Waals surface area contributed by atoms with Crippen LogP contribution in [0, 0.1) is 11.8 Å². The predicted molar refractivity (Wildman–Crippen MR) is 69.6 cm³/mol. The molecule has 19 heavy (non-hydrogen) atoms. The van der Waals surface area contributed by atoms with E-state index < -0.39 is 5.97 Å². The monoisotopic (exact) mass is 266 g/mol. The highest BCUT2D eigenvalue weighted by Gasteiger charge is 2.44. The zero-order valence-corrected chi connectivity index (χ0v) is 11.2. The van der Waals surface area contributed by atoms with E-state index in [0.717, 1.165) is 38.8 Å². The second kappa shape index (κ2) is 5.12. The van der Waals surface area contributed by atoms with Crippen LogP contribution in [0.1, 0.15) is 38.5 Å². The number of hydrogen-bond donors (Lipinski definition) is 2. The molecule has 0 aromatic heterocycles. The number of fused-ring (bicyclic) bond motifs is 2. The number of aliphatic carboxylic acids is 1. The largest absolute Gasteiger partial charge is 0.481 e. The third kappa shape index (κ3) is 2.61. The Balaban J connectivity index is 1.51. The summed E-state index contributed by atoms with van der Waals surface area (Å²) in [6, 6.07) is 0.956. The van der Waals surface area contributed by atoms with E-state index in [1.807, 2.05) is 4.90 Å². The highest BCUT2D eigenvalue weighted by molar-refractivity contribution is 5.80. The van der Waals surface area contributed by atoms with Crippen molar-refractivity contribution in [3.63, 3.8) is 0 Å². The van der Waals surface area contributed by atoms with Gasteiger partial charge < -0.3 is 15.3 Å². The maximum atomic E-state index is 12.5. The molecular formula is C14H22N2O3. The number of carbonyl (C=O) groups is 2. The second-order valence-corrected chi connectivity index (χ2v) is 6.26. The number of piperidine rings is 1. The number of nitrogens with one attached hydrogen (secondary N) is 1. The molecule has 5 heteroatoms. The van der Waals surface area contributed by atoms with E-state index in [-0.39, 0.29) is 18.3 Å². The Labute approximate surface area is 113 Å². The van der Waals surface area contributed by atoms with Crippen molar-refractivity contribution in [3.05, 3.63) is 0 Å². The summed E-state index contributed by atoms with van der Waals surface area (Å²) >= 11 is 0. The zero-order valence-electron chi connectivity index (χ0n) is 11.2. The topological polar surface area (TPSA) is 69.6 Å². The molecule has 3 unspecified atom stereocenters. The molecule has 2 bridgehead atoms. The molecule has 0 saturated carbocycles. The third-order valence-electron chi connectivity index (χ3n) is 5.01. The Morgan fingerprint density at radius 1 is 1.16 bits per heavy atom. The number of amides is 1. The second-order valence-electron chi connectivity index (χ2n) is 6.26. The van der Waals surface area contributed by atoms with E-state index >= 15 is 0 Å². The van der Waals surface area contributed by atoms with Gasteiger partial charge in [0.25, 0.3) is 0 Å². The first kappa shape index (κ1) is 12.9. The quantitative estimate of drug-likeness (QED) is 0.794. The number of rotatable bonds is 3. The Kier molecular flexibility index (Phi) is 3.48. The van der Waals surface area contributed by atoms with Crippen LogP contribution in [-0.4, -0.2) is 47.1 Å². The van der Waals surface area contributed by atoms with Gasteiger partial charge >= 0.3 is 5.97 Å². The summed E-state index contributed by atoms with van der Waals surface area (Å²) in [7, 11) is 0. The first-order valence-electron chi connectivity index (χ1n) is 7.40. The molecule has 0 radical (unpaired) electrons. The molecule has 0 spiro atoms. The van der Waals surface area contributed by atoms with Crippen LogP contribution in [0.4, 0.5) is 0 Å². The first-order valence-corrected chi connectivity index (χ1v) is 7.40. The lowest BCUT2D eigenvalue weighted by Gasteiger charge is -2.34. The van der Waals surface area contributed by atoms with Crippen LogP contribution in [0.5, 0.6) is 0 Å². The molecule has 0 aromatic carbocycles. The Morgan fingerprint density at radius 3 is 2.42 bits per heavy atom. The molecule has 3 fully saturated rings. The summed E-state index contributed by atoms with van der Waals surface area (Å²) in [6.07, 6.45) is 5.28. The van der Waals surface area contributed by atoms with Gasteiger partial charge in [-0.1, -0.05) is 0 Å². The number of hydrogen-bond acceptors (Lipinski definition) is 3. The molecule has 2 N–H and O–H groups in total. The van der Waals surface area contributed by atoms with Crippen molar-refractivity contribution in [2.45, 2.75) is 50.6 Å². The van der Waals surface area contributed by atoms with Crippen LogP contribution in [0.25, 0.3) is 0 Å². The molecule has 106 valence electrons. The van der Waals surface area contributed by atoms with Crippen molar-refractivity contribution in [2.24, 2.45) is 11.8 Å². The van der Waals surface area contributed by atoms with Crippen molar-refractivity contribution < 1.29 is 14.7 Å². The average molecular weight is 266 g/mol. The molecule has 3 rings (SSSR count). The molecule has 3 aliphatic heterocycles. The van der Waals surface area contributed by atoms with Gasteiger partial charge in [-0.2, -0.15) is 0 Å². The van der Waals surface area contributed by atoms with Crippen molar-refractivity contribution in [1.29, 1.82) is 0 Å². The summed E-state index contributed by atoms with van der Waals surface area (Å²) in [5.74, 6) is 0.00466. The van der Waals surface area contributed by atoms with Gasteiger partial charge in [0.2, 0.25) is 5.91 Å². The molecule has 0 aliphatic carbocycles. The molecule has 3 aliphatic rings. The van der Waals surface area contributed by atoms with Crippen molar-refractivity contribution >= 4 is 11.9 Å². The van der Waals surface area contributed by atoms with Gasteiger partial charge in [0.1, 0.15) is 0 Å². The van der Waals surface area contributed by atoms with E-state index in [1.54, 1.807) is 0 Å². The third-order valence-corrected chi connectivity index (χ3v) is 5.01. The lowest BCUT2D eigenvalue weighted by molar-refractivity contribution is -0.139. The SMILES string of the molecule is O=C(O)CC1CCN(C(=O)C2CC3CCC2N3)CC1. The molecular weight excluding hydrogens is 244 g/mol.